The molecule has 0 aromatic heterocycles. The van der Waals surface area contributed by atoms with Gasteiger partial charge in [-0.05, 0) is 42.9 Å². The third-order valence-electron chi connectivity index (χ3n) is 7.61. The van der Waals surface area contributed by atoms with Crippen LogP contribution >= 0.6 is 0 Å². The number of carboxylic acids is 1. The highest BCUT2D eigenvalue weighted by Crippen LogP contribution is 2.59. The van der Waals surface area contributed by atoms with E-state index < -0.39 is 5.97 Å². The molecule has 5 nitrogen and oxygen atoms in total. The summed E-state index contributed by atoms with van der Waals surface area (Å²) in [7, 11) is 0. The van der Waals surface area contributed by atoms with Gasteiger partial charge in [0.05, 0.1) is 19.1 Å². The van der Waals surface area contributed by atoms with Crippen LogP contribution in [0.25, 0.3) is 0 Å². The number of carbonyl (C=O) groups is 1. The molecule has 3 heterocycles. The van der Waals surface area contributed by atoms with Gasteiger partial charge in [-0.15, -0.1) is 0 Å². The Morgan fingerprint density at radius 1 is 1.37 bits per heavy atom. The average Bonchev–Trinajstić information content (AvgIpc) is 2.93. The number of aliphatic carboxylic acids is 1. The molecule has 5 rings (SSSR count). The van der Waals surface area contributed by atoms with Crippen molar-refractivity contribution in [2.45, 2.75) is 43.7 Å². The molecule has 3 aliphatic heterocycles. The average molecular weight is 368 g/mol. The molecule has 1 saturated heterocycles. The maximum absolute atomic E-state index is 11.6. The van der Waals surface area contributed by atoms with E-state index in [0.29, 0.717) is 18.4 Å². The third kappa shape index (κ3) is 2.48. The van der Waals surface area contributed by atoms with Crippen LogP contribution in [0.15, 0.2) is 35.9 Å². The molecular weight excluding hydrogens is 340 g/mol. The molecule has 27 heavy (non-hydrogen) atoms. The fourth-order valence-electron chi connectivity index (χ4n) is 6.52. The van der Waals surface area contributed by atoms with Crippen LogP contribution in [-0.2, 0) is 14.9 Å². The quantitative estimate of drug-likeness (QED) is 0.700. The molecule has 1 aliphatic carbocycles. The number of rotatable bonds is 2. The van der Waals surface area contributed by atoms with Crippen molar-refractivity contribution < 1.29 is 14.6 Å². The molecule has 0 unspecified atom stereocenters. The van der Waals surface area contributed by atoms with Crippen LogP contribution in [0.3, 0.4) is 0 Å². The number of ether oxygens (including phenoxy) is 1. The Kier molecular flexibility index (Phi) is 4.06. The van der Waals surface area contributed by atoms with Gasteiger partial charge in [-0.1, -0.05) is 36.8 Å². The van der Waals surface area contributed by atoms with Crippen LogP contribution in [0.5, 0.6) is 0 Å². The van der Waals surface area contributed by atoms with Crippen molar-refractivity contribution in [3.05, 3.63) is 41.5 Å². The number of anilines is 1. The van der Waals surface area contributed by atoms with E-state index in [2.05, 4.69) is 47.9 Å². The van der Waals surface area contributed by atoms with Crippen LogP contribution in [-0.4, -0.2) is 42.9 Å². The summed E-state index contributed by atoms with van der Waals surface area (Å²) in [5.74, 6) is 0.317. The summed E-state index contributed by atoms with van der Waals surface area (Å²) in [5.41, 5.74) is 4.07. The molecule has 2 fully saturated rings. The Morgan fingerprint density at radius 3 is 3.07 bits per heavy atom. The van der Waals surface area contributed by atoms with Gasteiger partial charge < -0.3 is 20.5 Å². The Labute approximate surface area is 160 Å². The SMILES string of the molecule is C[C@H]1C[C@H]2C3=CCO[C@H](CC(=O)O)[C@H]2[C@@H]2Nc4ccccc4[C@]12CCNC3. The van der Waals surface area contributed by atoms with E-state index in [4.69, 9.17) is 4.74 Å². The van der Waals surface area contributed by atoms with Crippen molar-refractivity contribution in [1.82, 2.24) is 5.32 Å². The van der Waals surface area contributed by atoms with E-state index >= 15 is 0 Å². The topological polar surface area (TPSA) is 70.6 Å². The lowest BCUT2D eigenvalue weighted by atomic mass is 9.52. The van der Waals surface area contributed by atoms with Gasteiger partial charge in [0, 0.05) is 29.6 Å². The minimum Gasteiger partial charge on any atom is -0.481 e. The summed E-state index contributed by atoms with van der Waals surface area (Å²) in [5, 5.41) is 17.0. The van der Waals surface area contributed by atoms with Crippen molar-refractivity contribution in [2.24, 2.45) is 17.8 Å². The van der Waals surface area contributed by atoms with Gasteiger partial charge in [0.2, 0.25) is 0 Å². The maximum Gasteiger partial charge on any atom is 0.305 e. The highest BCUT2D eigenvalue weighted by Gasteiger charge is 2.60. The van der Waals surface area contributed by atoms with Crippen molar-refractivity contribution in [3.8, 4) is 0 Å². The van der Waals surface area contributed by atoms with Crippen LogP contribution < -0.4 is 10.6 Å². The normalized spacial score (nSPS) is 39.7. The number of hydrogen-bond donors (Lipinski definition) is 3. The molecule has 1 aromatic carbocycles. The predicted octanol–water partition coefficient (Wildman–Crippen LogP) is 2.78. The van der Waals surface area contributed by atoms with Crippen molar-refractivity contribution in [3.63, 3.8) is 0 Å². The standard InChI is InChI=1S/C22H28N2O3/c1-13-10-15-14-6-9-27-18(11-19(25)26)20(15)21-22(13,7-8-23-12-14)16-4-2-3-5-17(16)24-21/h2-6,13,15,18,20-21,23-24H,7-12H2,1H3,(H,25,26)/t13-,15-,18+,20-,21-,22-/m0/s1. The molecule has 4 aliphatic rings. The van der Waals surface area contributed by atoms with E-state index in [1.807, 2.05) is 0 Å². The van der Waals surface area contributed by atoms with Gasteiger partial charge in [0.15, 0.2) is 0 Å². The third-order valence-corrected chi connectivity index (χ3v) is 7.61. The molecule has 2 bridgehead atoms. The molecule has 1 aromatic rings. The highest BCUT2D eigenvalue weighted by atomic mass is 16.5. The fraction of sp³-hybridized carbons (Fsp3) is 0.591. The zero-order valence-electron chi connectivity index (χ0n) is 15.8. The monoisotopic (exact) mass is 368 g/mol. The van der Waals surface area contributed by atoms with Crippen LogP contribution in [0, 0.1) is 17.8 Å². The van der Waals surface area contributed by atoms with Crippen LogP contribution in [0.2, 0.25) is 0 Å². The number of hydrogen-bond acceptors (Lipinski definition) is 4. The summed E-state index contributed by atoms with van der Waals surface area (Å²) >= 11 is 0. The lowest BCUT2D eigenvalue weighted by Gasteiger charge is -2.53. The first-order chi connectivity index (χ1) is 13.1. The smallest absolute Gasteiger partial charge is 0.305 e. The Bertz CT molecular complexity index is 792. The lowest BCUT2D eigenvalue weighted by molar-refractivity contribution is -0.142. The number of benzene rings is 1. The second-order valence-corrected chi connectivity index (χ2v) is 8.70. The molecule has 1 spiro atoms. The highest BCUT2D eigenvalue weighted by molar-refractivity contribution is 5.68. The lowest BCUT2D eigenvalue weighted by Crippen LogP contribution is -2.58. The number of carboxylic acid groups (broad SMARTS) is 1. The van der Waals surface area contributed by atoms with Gasteiger partial charge in [-0.25, -0.2) is 0 Å². The zero-order valence-corrected chi connectivity index (χ0v) is 15.8. The first-order valence-electron chi connectivity index (χ1n) is 10.2. The van der Waals surface area contributed by atoms with Gasteiger partial charge in [0.1, 0.15) is 0 Å². The van der Waals surface area contributed by atoms with E-state index in [1.165, 1.54) is 16.8 Å². The Balaban J connectivity index is 1.68. The molecule has 6 atom stereocenters. The molecule has 0 radical (unpaired) electrons. The Morgan fingerprint density at radius 2 is 2.22 bits per heavy atom. The largest absolute Gasteiger partial charge is 0.481 e. The van der Waals surface area contributed by atoms with Crippen LogP contribution in [0.4, 0.5) is 5.69 Å². The number of nitrogens with one attached hydrogen (secondary N) is 2. The second kappa shape index (κ2) is 6.35. The van der Waals surface area contributed by atoms with E-state index in [0.717, 1.165) is 25.9 Å². The molecule has 0 amide bonds. The Hall–Kier alpha value is -1.85. The second-order valence-electron chi connectivity index (χ2n) is 8.70. The van der Waals surface area contributed by atoms with E-state index in [1.54, 1.807) is 0 Å². The molecule has 1 saturated carbocycles. The van der Waals surface area contributed by atoms with Gasteiger partial charge >= 0.3 is 5.97 Å². The van der Waals surface area contributed by atoms with Gasteiger partial charge in [-0.3, -0.25) is 4.79 Å². The zero-order chi connectivity index (χ0) is 18.6. The summed E-state index contributed by atoms with van der Waals surface area (Å²) in [6.45, 7) is 4.79. The van der Waals surface area contributed by atoms with Crippen molar-refractivity contribution in [2.75, 3.05) is 25.0 Å². The molecular formula is C22H28N2O3. The fourth-order valence-corrected chi connectivity index (χ4v) is 6.52. The predicted molar refractivity (Wildman–Crippen MR) is 104 cm³/mol. The number of para-hydroxylation sites is 1. The van der Waals surface area contributed by atoms with E-state index in [-0.39, 0.29) is 29.9 Å². The van der Waals surface area contributed by atoms with Gasteiger partial charge in [-0.2, -0.15) is 0 Å². The van der Waals surface area contributed by atoms with Crippen molar-refractivity contribution >= 4 is 11.7 Å². The summed E-state index contributed by atoms with van der Waals surface area (Å²) < 4.78 is 6.15. The molecule has 3 N–H and O–H groups in total. The van der Waals surface area contributed by atoms with Crippen molar-refractivity contribution in [1.29, 1.82) is 0 Å². The van der Waals surface area contributed by atoms with Crippen LogP contribution in [0.1, 0.15) is 31.7 Å². The first kappa shape index (κ1) is 17.3. The first-order valence-corrected chi connectivity index (χ1v) is 10.2. The minimum absolute atomic E-state index is 0.0324. The minimum atomic E-state index is -0.769. The maximum atomic E-state index is 11.6. The van der Waals surface area contributed by atoms with E-state index in [9.17, 15) is 9.90 Å². The summed E-state index contributed by atoms with van der Waals surface area (Å²) in [6.07, 6.45) is 4.20. The summed E-state index contributed by atoms with van der Waals surface area (Å²) in [6, 6.07) is 8.90. The molecule has 5 heteroatoms. The number of fused-ring (bicyclic) bond motifs is 3. The van der Waals surface area contributed by atoms with Gasteiger partial charge in [0.25, 0.3) is 0 Å². The molecule has 144 valence electrons. The summed E-state index contributed by atoms with van der Waals surface area (Å²) in [4.78, 5) is 11.6.